The molecule has 5 nitrogen and oxygen atoms in total. The highest BCUT2D eigenvalue weighted by Crippen LogP contribution is 2.36. The van der Waals surface area contributed by atoms with E-state index in [1.54, 1.807) is 7.11 Å². The number of aromatic nitrogens is 1. The van der Waals surface area contributed by atoms with Crippen LogP contribution in [-0.2, 0) is 16.8 Å². The van der Waals surface area contributed by atoms with E-state index >= 15 is 0 Å². The quantitative estimate of drug-likeness (QED) is 0.348. The normalized spacial score (nSPS) is 17.7. The van der Waals surface area contributed by atoms with Gasteiger partial charge in [0.1, 0.15) is 22.8 Å². The number of aryl methyl sites for hydroxylation is 1. The molecule has 0 spiro atoms. The first kappa shape index (κ1) is 22.4. The summed E-state index contributed by atoms with van der Waals surface area (Å²) in [6.45, 7) is 5.65. The Labute approximate surface area is 200 Å². The summed E-state index contributed by atoms with van der Waals surface area (Å²) in [6.07, 6.45) is 3.80. The van der Waals surface area contributed by atoms with E-state index in [0.717, 1.165) is 64.2 Å². The number of nitrogens with zero attached hydrogens (tertiary/aromatic N) is 1. The fourth-order valence-corrected chi connectivity index (χ4v) is 4.56. The third-order valence-electron chi connectivity index (χ3n) is 6.45. The Morgan fingerprint density at radius 2 is 1.94 bits per heavy atom. The highest BCUT2D eigenvalue weighted by molar-refractivity contribution is 5.95. The first-order valence-corrected chi connectivity index (χ1v) is 11.8. The summed E-state index contributed by atoms with van der Waals surface area (Å²) >= 11 is 0. The van der Waals surface area contributed by atoms with Crippen LogP contribution in [0.2, 0.25) is 0 Å². The van der Waals surface area contributed by atoms with E-state index < -0.39 is 0 Å². The zero-order valence-electron chi connectivity index (χ0n) is 19.9. The van der Waals surface area contributed by atoms with Gasteiger partial charge in [0.15, 0.2) is 0 Å². The highest BCUT2D eigenvalue weighted by Gasteiger charge is 2.31. The predicted octanol–water partition coefficient (Wildman–Crippen LogP) is 6.45. The van der Waals surface area contributed by atoms with E-state index in [1.165, 1.54) is 5.56 Å². The van der Waals surface area contributed by atoms with Crippen molar-refractivity contribution in [3.8, 4) is 28.5 Å². The molecule has 0 bridgehead atoms. The van der Waals surface area contributed by atoms with Crippen LogP contribution >= 0.6 is 0 Å². The van der Waals surface area contributed by atoms with Gasteiger partial charge in [0.25, 0.3) is 0 Å². The molecule has 174 valence electrons. The fraction of sp³-hybridized carbons (Fsp3) is 0.276. The minimum absolute atomic E-state index is 0.335. The van der Waals surface area contributed by atoms with Crippen molar-refractivity contribution < 1.29 is 14.2 Å². The Balaban J connectivity index is 1.49. The maximum Gasteiger partial charge on any atom is 0.130 e. The topological polar surface area (TPSA) is 52.6 Å². The van der Waals surface area contributed by atoms with E-state index in [9.17, 15) is 0 Å². The molecule has 1 saturated heterocycles. The zero-order chi connectivity index (χ0) is 23.5. The first-order valence-electron chi connectivity index (χ1n) is 11.8. The third-order valence-corrected chi connectivity index (χ3v) is 6.45. The van der Waals surface area contributed by atoms with Crippen LogP contribution in [0.1, 0.15) is 31.4 Å². The molecular weight excluding hydrogens is 424 g/mol. The summed E-state index contributed by atoms with van der Waals surface area (Å²) in [6, 6.07) is 22.7. The summed E-state index contributed by atoms with van der Waals surface area (Å²) in [7, 11) is 1.69. The van der Waals surface area contributed by atoms with Crippen LogP contribution in [0, 0.1) is 0 Å². The van der Waals surface area contributed by atoms with Crippen LogP contribution in [0.4, 0.5) is 0 Å². The van der Waals surface area contributed by atoms with Gasteiger partial charge in [-0.3, -0.25) is 10.3 Å². The molecule has 5 rings (SSSR count). The van der Waals surface area contributed by atoms with Gasteiger partial charge in [-0.05, 0) is 84.5 Å². The maximum absolute atomic E-state index is 6.40. The van der Waals surface area contributed by atoms with Crippen molar-refractivity contribution in [3.63, 3.8) is 0 Å². The lowest BCUT2D eigenvalue weighted by atomic mass is 9.96. The summed E-state index contributed by atoms with van der Waals surface area (Å²) < 4.78 is 17.7. The molecule has 3 aromatic carbocycles. The van der Waals surface area contributed by atoms with Gasteiger partial charge in [0.2, 0.25) is 0 Å². The number of hydrogen-bond donors (Lipinski definition) is 1. The van der Waals surface area contributed by atoms with Gasteiger partial charge in [0.05, 0.1) is 19.5 Å². The van der Waals surface area contributed by atoms with Crippen LogP contribution in [0.25, 0.3) is 22.0 Å². The van der Waals surface area contributed by atoms with Gasteiger partial charge < -0.3 is 14.2 Å². The lowest BCUT2D eigenvalue weighted by Crippen LogP contribution is -2.26. The smallest absolute Gasteiger partial charge is 0.130 e. The molecule has 1 N–H and O–H groups in total. The molecule has 1 aliphatic rings. The van der Waals surface area contributed by atoms with Crippen molar-refractivity contribution >= 4 is 10.8 Å². The van der Waals surface area contributed by atoms with E-state index in [-0.39, 0.29) is 5.60 Å². The standard InChI is InChI=1S/C29H30N2O3/c1-4-6-21-15-22(28-26-11-10-24(32-3)16-20(26)13-14-31-28)9-12-27(21)34-25-8-5-7-23(17-25)29(2)18-30-19-33-29/h5,7-17,30H,4,6,18-19H2,1-3H3/t29-/m0/s1. The number of pyridine rings is 1. The van der Waals surface area contributed by atoms with Crippen LogP contribution in [0.5, 0.6) is 17.2 Å². The maximum atomic E-state index is 6.40. The Morgan fingerprint density at radius 1 is 1.03 bits per heavy atom. The van der Waals surface area contributed by atoms with Crippen LogP contribution < -0.4 is 14.8 Å². The average Bonchev–Trinajstić information content (AvgIpc) is 3.32. The molecule has 1 fully saturated rings. The van der Waals surface area contributed by atoms with Crippen molar-refractivity contribution in [3.05, 3.63) is 84.1 Å². The molecule has 0 unspecified atom stereocenters. The van der Waals surface area contributed by atoms with E-state index in [4.69, 9.17) is 19.2 Å². The van der Waals surface area contributed by atoms with Crippen molar-refractivity contribution in [2.24, 2.45) is 0 Å². The van der Waals surface area contributed by atoms with Crippen molar-refractivity contribution in [2.75, 3.05) is 20.4 Å². The van der Waals surface area contributed by atoms with E-state index in [2.05, 4.69) is 55.6 Å². The van der Waals surface area contributed by atoms with Gasteiger partial charge in [-0.15, -0.1) is 0 Å². The Morgan fingerprint density at radius 3 is 2.74 bits per heavy atom. The summed E-state index contributed by atoms with van der Waals surface area (Å²) in [4.78, 5) is 4.71. The third kappa shape index (κ3) is 4.37. The Kier molecular flexibility index (Phi) is 6.22. The number of benzene rings is 3. The molecule has 1 aromatic heterocycles. The molecule has 4 aromatic rings. The van der Waals surface area contributed by atoms with Crippen molar-refractivity contribution in [2.45, 2.75) is 32.3 Å². The molecule has 2 heterocycles. The van der Waals surface area contributed by atoms with Crippen molar-refractivity contribution in [1.29, 1.82) is 0 Å². The van der Waals surface area contributed by atoms with Gasteiger partial charge >= 0.3 is 0 Å². The number of hydrogen-bond acceptors (Lipinski definition) is 5. The first-order chi connectivity index (χ1) is 16.6. The van der Waals surface area contributed by atoms with Gasteiger partial charge in [-0.1, -0.05) is 25.5 Å². The molecule has 5 heteroatoms. The number of fused-ring (bicyclic) bond motifs is 1. The van der Waals surface area contributed by atoms with Gasteiger partial charge in [-0.25, -0.2) is 0 Å². The summed E-state index contributed by atoms with van der Waals surface area (Å²) in [5.74, 6) is 2.53. The molecular formula is C29H30N2O3. The van der Waals surface area contributed by atoms with Crippen LogP contribution in [0.15, 0.2) is 72.9 Å². The lowest BCUT2D eigenvalue weighted by molar-refractivity contribution is 0.0233. The highest BCUT2D eigenvalue weighted by atomic mass is 16.5. The number of nitrogens with one attached hydrogen (secondary N) is 1. The van der Waals surface area contributed by atoms with Gasteiger partial charge in [-0.2, -0.15) is 0 Å². The molecule has 0 radical (unpaired) electrons. The Hall–Kier alpha value is -3.41. The lowest BCUT2D eigenvalue weighted by Gasteiger charge is -2.23. The molecule has 0 amide bonds. The second-order valence-electron chi connectivity index (χ2n) is 8.90. The molecule has 1 atom stereocenters. The van der Waals surface area contributed by atoms with Crippen LogP contribution in [-0.4, -0.2) is 25.4 Å². The summed E-state index contributed by atoms with van der Waals surface area (Å²) in [5, 5.41) is 5.48. The minimum Gasteiger partial charge on any atom is -0.497 e. The minimum atomic E-state index is -0.335. The average molecular weight is 455 g/mol. The Bertz CT molecular complexity index is 1310. The molecule has 0 aliphatic carbocycles. The van der Waals surface area contributed by atoms with Crippen LogP contribution in [0.3, 0.4) is 0 Å². The molecule has 0 saturated carbocycles. The van der Waals surface area contributed by atoms with E-state index in [1.807, 2.05) is 36.5 Å². The van der Waals surface area contributed by atoms with E-state index in [0.29, 0.717) is 6.73 Å². The second-order valence-corrected chi connectivity index (χ2v) is 8.90. The number of methoxy groups -OCH3 is 1. The largest absolute Gasteiger partial charge is 0.497 e. The van der Waals surface area contributed by atoms with Crippen molar-refractivity contribution in [1.82, 2.24) is 10.3 Å². The zero-order valence-corrected chi connectivity index (χ0v) is 19.9. The number of ether oxygens (including phenoxy) is 3. The monoisotopic (exact) mass is 454 g/mol. The number of rotatable bonds is 7. The molecule has 1 aliphatic heterocycles. The SMILES string of the molecule is CCCc1cc(-c2nccc3cc(OC)ccc23)ccc1Oc1cccc([C@]2(C)CNCO2)c1. The molecule has 34 heavy (non-hydrogen) atoms. The predicted molar refractivity (Wildman–Crippen MR) is 136 cm³/mol. The fourth-order valence-electron chi connectivity index (χ4n) is 4.56. The summed E-state index contributed by atoms with van der Waals surface area (Å²) in [5.41, 5.74) is 3.99. The second kappa shape index (κ2) is 9.45. The van der Waals surface area contributed by atoms with Gasteiger partial charge in [0, 0.05) is 23.7 Å².